The molecule has 6 rings (SSSR count). The average Bonchev–Trinajstić information content (AvgIpc) is 3.65. The van der Waals surface area contributed by atoms with Crippen LogP contribution in [0, 0.1) is 6.92 Å². The summed E-state index contributed by atoms with van der Waals surface area (Å²) in [5.74, 6) is 1.02. The minimum absolute atomic E-state index is 0.190. The van der Waals surface area contributed by atoms with Crippen molar-refractivity contribution in [3.63, 3.8) is 0 Å². The Labute approximate surface area is 212 Å². The first-order valence-corrected chi connectivity index (χ1v) is 12.2. The van der Waals surface area contributed by atoms with Crippen molar-refractivity contribution in [1.29, 1.82) is 0 Å². The van der Waals surface area contributed by atoms with Gasteiger partial charge in [0, 0.05) is 12.0 Å². The number of hydrogen-bond donors (Lipinski definition) is 1. The minimum Gasteiger partial charge on any atom is -0.478 e. The highest BCUT2D eigenvalue weighted by atomic mass is 35.5. The van der Waals surface area contributed by atoms with Gasteiger partial charge < -0.3 is 14.6 Å². The number of rotatable bonds is 6. The van der Waals surface area contributed by atoms with E-state index in [-0.39, 0.29) is 12.2 Å². The number of carboxylic acids is 1. The Balaban J connectivity index is 1.27. The molecular formula is C27H23ClN4O4. The topological polar surface area (TPSA) is 99.4 Å². The van der Waals surface area contributed by atoms with Crippen molar-refractivity contribution < 1.29 is 19.4 Å². The third kappa shape index (κ3) is 4.18. The van der Waals surface area contributed by atoms with Crippen LogP contribution in [-0.4, -0.2) is 31.1 Å². The summed E-state index contributed by atoms with van der Waals surface area (Å²) in [5.41, 5.74) is 5.51. The van der Waals surface area contributed by atoms with Gasteiger partial charge in [-0.3, -0.25) is 0 Å². The van der Waals surface area contributed by atoms with E-state index in [9.17, 15) is 9.90 Å². The van der Waals surface area contributed by atoms with Crippen LogP contribution in [0.2, 0.25) is 5.02 Å². The maximum Gasteiger partial charge on any atom is 0.335 e. The average molecular weight is 503 g/mol. The summed E-state index contributed by atoms with van der Waals surface area (Å²) in [4.78, 5) is 16.1. The second-order valence-electron chi connectivity index (χ2n) is 9.13. The Morgan fingerprint density at radius 1 is 1.17 bits per heavy atom. The van der Waals surface area contributed by atoms with E-state index in [0.29, 0.717) is 41.2 Å². The molecule has 0 spiro atoms. The molecule has 1 saturated carbocycles. The van der Waals surface area contributed by atoms with Gasteiger partial charge in [-0.05, 0) is 68.0 Å². The van der Waals surface area contributed by atoms with E-state index in [0.717, 1.165) is 46.7 Å². The summed E-state index contributed by atoms with van der Waals surface area (Å²) >= 11 is 6.53. The van der Waals surface area contributed by atoms with Crippen molar-refractivity contribution in [3.8, 4) is 23.1 Å². The van der Waals surface area contributed by atoms with Gasteiger partial charge in [0.2, 0.25) is 5.88 Å². The molecule has 36 heavy (non-hydrogen) atoms. The molecule has 8 nitrogen and oxygen atoms in total. The number of para-hydroxylation sites is 1. The maximum absolute atomic E-state index is 11.4. The first-order valence-electron chi connectivity index (χ1n) is 11.8. The fourth-order valence-electron chi connectivity index (χ4n) is 4.52. The number of fused-ring (bicyclic) bond motifs is 2. The summed E-state index contributed by atoms with van der Waals surface area (Å²) in [6, 6.07) is 14.3. The molecule has 0 unspecified atom stereocenters. The number of halogens is 1. The third-order valence-electron chi connectivity index (χ3n) is 6.59. The van der Waals surface area contributed by atoms with Crippen LogP contribution in [0.1, 0.15) is 57.3 Å². The van der Waals surface area contributed by atoms with Crippen LogP contribution in [-0.2, 0) is 19.4 Å². The van der Waals surface area contributed by atoms with Crippen LogP contribution in [0.4, 0.5) is 0 Å². The summed E-state index contributed by atoms with van der Waals surface area (Å²) in [7, 11) is 0. The van der Waals surface area contributed by atoms with Crippen LogP contribution in [0.15, 0.2) is 48.5 Å². The Bertz CT molecular complexity index is 1480. The van der Waals surface area contributed by atoms with Crippen LogP contribution < -0.4 is 9.47 Å². The molecule has 1 N–H and O–H groups in total. The molecule has 1 aliphatic carbocycles. The molecule has 0 saturated heterocycles. The number of carboxylic acid groups (broad SMARTS) is 1. The number of benzene rings is 2. The fraction of sp³-hybridized carbons (Fsp3) is 0.259. The lowest BCUT2D eigenvalue weighted by Crippen LogP contribution is -2.10. The van der Waals surface area contributed by atoms with Crippen LogP contribution in [0.3, 0.4) is 0 Å². The number of carbonyl (C=O) groups is 1. The second-order valence-corrected chi connectivity index (χ2v) is 9.53. The molecule has 0 radical (unpaired) electrons. The molecule has 0 bridgehead atoms. The molecule has 9 heteroatoms. The molecule has 1 aliphatic heterocycles. The van der Waals surface area contributed by atoms with E-state index in [1.54, 1.807) is 28.9 Å². The van der Waals surface area contributed by atoms with Gasteiger partial charge in [0.25, 0.3) is 0 Å². The largest absolute Gasteiger partial charge is 0.478 e. The van der Waals surface area contributed by atoms with E-state index >= 15 is 0 Å². The summed E-state index contributed by atoms with van der Waals surface area (Å²) in [6.07, 6.45) is 3.52. The summed E-state index contributed by atoms with van der Waals surface area (Å²) < 4.78 is 14.0. The molecule has 1 fully saturated rings. The minimum atomic E-state index is -0.987. The highest BCUT2D eigenvalue weighted by Gasteiger charge is 2.32. The number of ether oxygens (including phenoxy) is 2. The molecule has 3 heterocycles. The van der Waals surface area contributed by atoms with Crippen molar-refractivity contribution >= 4 is 17.6 Å². The van der Waals surface area contributed by atoms with Gasteiger partial charge in [-0.25, -0.2) is 14.5 Å². The lowest BCUT2D eigenvalue weighted by atomic mass is 10.1. The highest BCUT2D eigenvalue weighted by Crippen LogP contribution is 2.42. The lowest BCUT2D eigenvalue weighted by molar-refractivity contribution is 0.0696. The van der Waals surface area contributed by atoms with Gasteiger partial charge in [-0.15, -0.1) is 5.10 Å². The normalized spacial score (nSPS) is 14.4. The zero-order valence-electron chi connectivity index (χ0n) is 19.6. The molecule has 2 aromatic heterocycles. The molecule has 0 amide bonds. The van der Waals surface area contributed by atoms with Gasteiger partial charge in [0.1, 0.15) is 23.8 Å². The molecule has 182 valence electrons. The van der Waals surface area contributed by atoms with Crippen molar-refractivity contribution in [2.75, 3.05) is 0 Å². The first-order chi connectivity index (χ1) is 17.5. The smallest absolute Gasteiger partial charge is 0.335 e. The standard InChI is InChI=1S/C27H23ClN4O4/c1-15-3-2-4-19(28)26(15)32-21(25(30-31-32)17-6-7-17)14-35-24-12-11-22-20(29-24)10-9-16-5-8-18(27(33)34)13-23(16)36-22/h2-5,8,11-13,17H,6-7,9-10,14H2,1H3,(H,33,34). The van der Waals surface area contributed by atoms with Crippen molar-refractivity contribution in [3.05, 3.63) is 87.3 Å². The van der Waals surface area contributed by atoms with Crippen molar-refractivity contribution in [2.45, 2.75) is 45.1 Å². The number of pyridine rings is 1. The van der Waals surface area contributed by atoms with E-state index in [1.807, 2.05) is 31.2 Å². The number of aromatic nitrogens is 4. The van der Waals surface area contributed by atoms with Gasteiger partial charge in [0.15, 0.2) is 0 Å². The Morgan fingerprint density at radius 3 is 2.81 bits per heavy atom. The Kier molecular flexibility index (Phi) is 5.60. The molecule has 2 aliphatic rings. The lowest BCUT2D eigenvalue weighted by Gasteiger charge is -2.14. The van der Waals surface area contributed by atoms with Crippen molar-refractivity contribution in [1.82, 2.24) is 20.0 Å². The number of aromatic carboxylic acids is 1. The highest BCUT2D eigenvalue weighted by molar-refractivity contribution is 6.32. The number of nitrogens with zero attached hydrogens (tertiary/aromatic N) is 4. The summed E-state index contributed by atoms with van der Waals surface area (Å²) in [6.45, 7) is 2.24. The van der Waals surface area contributed by atoms with Gasteiger partial charge in [-0.2, -0.15) is 0 Å². The van der Waals surface area contributed by atoms with Gasteiger partial charge in [0.05, 0.1) is 27.7 Å². The third-order valence-corrected chi connectivity index (χ3v) is 6.89. The van der Waals surface area contributed by atoms with Gasteiger partial charge >= 0.3 is 5.97 Å². The molecular weight excluding hydrogens is 480 g/mol. The first kappa shape index (κ1) is 22.5. The monoisotopic (exact) mass is 502 g/mol. The SMILES string of the molecule is Cc1cccc(Cl)c1-n1nnc(C2CC2)c1COc1ccc2c(n1)CCc1ccc(C(=O)O)cc1O2. The van der Waals surface area contributed by atoms with Crippen LogP contribution >= 0.6 is 11.6 Å². The predicted molar refractivity (Wildman–Crippen MR) is 133 cm³/mol. The van der Waals surface area contributed by atoms with Gasteiger partial charge in [-0.1, -0.05) is 35.0 Å². The van der Waals surface area contributed by atoms with Crippen LogP contribution in [0.5, 0.6) is 17.4 Å². The van der Waals surface area contributed by atoms with E-state index in [2.05, 4.69) is 10.3 Å². The van der Waals surface area contributed by atoms with Crippen LogP contribution in [0.25, 0.3) is 5.69 Å². The van der Waals surface area contributed by atoms with Crippen molar-refractivity contribution in [2.24, 2.45) is 0 Å². The fourth-order valence-corrected chi connectivity index (χ4v) is 4.82. The van der Waals surface area contributed by atoms with E-state index in [4.69, 9.17) is 26.1 Å². The zero-order valence-corrected chi connectivity index (χ0v) is 20.3. The maximum atomic E-state index is 11.4. The van der Waals surface area contributed by atoms with E-state index < -0.39 is 5.97 Å². The second kappa shape index (κ2) is 8.95. The molecule has 4 aromatic rings. The zero-order chi connectivity index (χ0) is 24.8. The Morgan fingerprint density at radius 2 is 2.03 bits per heavy atom. The number of aryl methyl sites for hydroxylation is 3. The predicted octanol–water partition coefficient (Wildman–Crippen LogP) is 5.67. The molecule has 2 aromatic carbocycles. The number of hydrogen-bond acceptors (Lipinski definition) is 6. The summed E-state index contributed by atoms with van der Waals surface area (Å²) in [5, 5.41) is 18.8. The van der Waals surface area contributed by atoms with E-state index in [1.165, 1.54) is 0 Å². The Hall–Kier alpha value is -3.91. The molecule has 0 atom stereocenters. The quantitative estimate of drug-likeness (QED) is 0.362.